The van der Waals surface area contributed by atoms with E-state index in [-0.39, 0.29) is 17.2 Å². The zero-order chi connectivity index (χ0) is 25.8. The minimum absolute atomic E-state index is 0.0273. The Kier molecular flexibility index (Phi) is 7.65. The molecule has 2 aliphatic heterocycles. The van der Waals surface area contributed by atoms with Gasteiger partial charge in [0.1, 0.15) is 0 Å². The maximum atomic E-state index is 12.7. The number of fused-ring (bicyclic) bond motifs is 1. The van der Waals surface area contributed by atoms with Crippen molar-refractivity contribution in [3.8, 4) is 0 Å². The fraction of sp³-hybridized carbons (Fsp3) is 0.345. The number of carbonyl (C=O) groups is 2. The summed E-state index contributed by atoms with van der Waals surface area (Å²) in [6, 6.07) is 11.8. The molecule has 3 N–H and O–H groups in total. The summed E-state index contributed by atoms with van der Waals surface area (Å²) in [5.41, 5.74) is 5.24. The van der Waals surface area contributed by atoms with E-state index < -0.39 is 0 Å². The highest BCUT2D eigenvalue weighted by molar-refractivity contribution is 8.03. The molecule has 37 heavy (non-hydrogen) atoms. The molecule has 0 spiro atoms. The van der Waals surface area contributed by atoms with Crippen molar-refractivity contribution in [1.82, 2.24) is 15.1 Å². The van der Waals surface area contributed by atoms with E-state index >= 15 is 0 Å². The molecule has 0 saturated carbocycles. The lowest BCUT2D eigenvalue weighted by Crippen LogP contribution is -2.38. The number of aromatic amines is 1. The molecule has 5 rings (SSSR count). The number of H-pyrrole nitrogens is 1. The van der Waals surface area contributed by atoms with Gasteiger partial charge in [0.05, 0.1) is 11.2 Å². The lowest BCUT2D eigenvalue weighted by atomic mass is 10.0. The number of rotatable bonds is 6. The normalized spacial score (nSPS) is 19.6. The van der Waals surface area contributed by atoms with Gasteiger partial charge in [-0.3, -0.25) is 9.89 Å². The summed E-state index contributed by atoms with van der Waals surface area (Å²) in [7, 11) is 0. The highest BCUT2D eigenvalue weighted by atomic mass is 32.2. The quantitative estimate of drug-likeness (QED) is 0.343. The third-order valence-electron chi connectivity index (χ3n) is 7.03. The predicted octanol–water partition coefficient (Wildman–Crippen LogP) is 6.65. The summed E-state index contributed by atoms with van der Waals surface area (Å²) in [5, 5.41) is 17.0. The smallest absolute Gasteiger partial charge is 0.321 e. The summed E-state index contributed by atoms with van der Waals surface area (Å²) < 4.78 is 0. The third kappa shape index (κ3) is 6.07. The lowest BCUT2D eigenvalue weighted by Gasteiger charge is -2.26. The number of urea groups is 1. The van der Waals surface area contributed by atoms with Crippen LogP contribution in [0.15, 0.2) is 47.9 Å². The van der Waals surface area contributed by atoms with Crippen molar-refractivity contribution in [2.75, 3.05) is 23.7 Å². The number of nitrogens with one attached hydrogen (secondary N) is 3. The van der Waals surface area contributed by atoms with Gasteiger partial charge < -0.3 is 15.5 Å². The van der Waals surface area contributed by atoms with Gasteiger partial charge >= 0.3 is 6.03 Å². The number of aromatic nitrogens is 2. The van der Waals surface area contributed by atoms with E-state index in [0.717, 1.165) is 65.0 Å². The molecule has 1 saturated heterocycles. The summed E-state index contributed by atoms with van der Waals surface area (Å²) in [4.78, 5) is 27.2. The van der Waals surface area contributed by atoms with Gasteiger partial charge in [0, 0.05) is 41.5 Å². The Morgan fingerprint density at radius 3 is 2.76 bits per heavy atom. The second-order valence-corrected chi connectivity index (χ2v) is 11.0. The first-order valence-electron chi connectivity index (χ1n) is 12.9. The van der Waals surface area contributed by atoms with Crippen molar-refractivity contribution >= 4 is 58.1 Å². The Morgan fingerprint density at radius 1 is 1.14 bits per heavy atom. The van der Waals surface area contributed by atoms with E-state index in [1.54, 1.807) is 11.8 Å². The van der Waals surface area contributed by atoms with Crippen molar-refractivity contribution in [3.63, 3.8) is 0 Å². The Balaban J connectivity index is 1.28. The van der Waals surface area contributed by atoms with Gasteiger partial charge in [0.15, 0.2) is 0 Å². The van der Waals surface area contributed by atoms with Crippen LogP contribution in [0.4, 0.5) is 16.2 Å². The summed E-state index contributed by atoms with van der Waals surface area (Å²) >= 11 is 1.72. The molecule has 7 nitrogen and oxygen atoms in total. The number of nitrogens with zero attached hydrogens (tertiary/aromatic N) is 2. The van der Waals surface area contributed by atoms with E-state index in [0.29, 0.717) is 12.3 Å². The van der Waals surface area contributed by atoms with Gasteiger partial charge in [0.25, 0.3) is 0 Å². The van der Waals surface area contributed by atoms with Crippen LogP contribution in [0.3, 0.4) is 0 Å². The third-order valence-corrected chi connectivity index (χ3v) is 8.29. The van der Waals surface area contributed by atoms with Crippen molar-refractivity contribution < 1.29 is 9.59 Å². The Labute approximate surface area is 221 Å². The Hall–Kier alpha value is -3.52. The number of aryl methyl sites for hydroxylation is 1. The van der Waals surface area contributed by atoms with Gasteiger partial charge in [-0.05, 0) is 79.0 Å². The first kappa shape index (κ1) is 25.1. The van der Waals surface area contributed by atoms with Crippen LogP contribution in [0, 0.1) is 12.8 Å². The lowest BCUT2D eigenvalue weighted by molar-refractivity contribution is -0.116. The number of piperidine rings is 1. The molecule has 192 valence electrons. The molecule has 8 heteroatoms. The zero-order valence-corrected chi connectivity index (χ0v) is 22.1. The van der Waals surface area contributed by atoms with Gasteiger partial charge in [-0.25, -0.2) is 4.79 Å². The van der Waals surface area contributed by atoms with Gasteiger partial charge in [0.2, 0.25) is 5.91 Å². The minimum atomic E-state index is -0.0404. The Morgan fingerprint density at radius 2 is 1.97 bits per heavy atom. The van der Waals surface area contributed by atoms with Crippen LogP contribution >= 0.6 is 11.8 Å². The van der Waals surface area contributed by atoms with Crippen LogP contribution in [0.5, 0.6) is 0 Å². The largest absolute Gasteiger partial charge is 0.326 e. The number of allylic oxidation sites excluding steroid dienone is 1. The van der Waals surface area contributed by atoms with Crippen LogP contribution in [0.1, 0.15) is 49.4 Å². The molecule has 2 atom stereocenters. The van der Waals surface area contributed by atoms with E-state index in [4.69, 9.17) is 0 Å². The first-order valence-corrected chi connectivity index (χ1v) is 13.9. The van der Waals surface area contributed by atoms with Gasteiger partial charge in [-0.1, -0.05) is 31.2 Å². The molecule has 1 fully saturated rings. The number of likely N-dealkylation sites (tertiary alicyclic amines) is 1. The molecular weight excluding hydrogens is 482 g/mol. The fourth-order valence-corrected chi connectivity index (χ4v) is 5.91. The molecular formula is C29H33N5O2S. The molecule has 0 radical (unpaired) electrons. The number of thioether (sulfide) groups is 1. The van der Waals surface area contributed by atoms with Crippen LogP contribution in [0.2, 0.25) is 0 Å². The van der Waals surface area contributed by atoms with Gasteiger partial charge in [-0.2, -0.15) is 5.10 Å². The average Bonchev–Trinajstić information content (AvgIpc) is 3.48. The molecule has 3 aromatic rings. The second-order valence-electron chi connectivity index (χ2n) is 9.87. The van der Waals surface area contributed by atoms with Crippen LogP contribution < -0.4 is 10.6 Å². The van der Waals surface area contributed by atoms with E-state index in [9.17, 15) is 9.59 Å². The van der Waals surface area contributed by atoms with Crippen LogP contribution in [0.25, 0.3) is 23.1 Å². The van der Waals surface area contributed by atoms with E-state index in [2.05, 4.69) is 39.2 Å². The molecule has 3 amide bonds. The number of amides is 3. The average molecular weight is 516 g/mol. The SMILES string of the molecule is Cc1cc2[nH]nc(/C=C/c3cccc(NC(=O)N4CCCCC4)c3)c2cc1NC(=O)CC1SC=CC1C. The molecule has 3 heterocycles. The monoisotopic (exact) mass is 515 g/mol. The van der Waals surface area contributed by atoms with E-state index in [1.165, 1.54) is 6.42 Å². The van der Waals surface area contributed by atoms with Crippen molar-refractivity contribution in [1.29, 1.82) is 0 Å². The number of benzene rings is 2. The van der Waals surface area contributed by atoms with Crippen molar-refractivity contribution in [2.45, 2.75) is 44.8 Å². The molecule has 0 aliphatic carbocycles. The predicted molar refractivity (Wildman–Crippen MR) is 154 cm³/mol. The van der Waals surface area contributed by atoms with Crippen LogP contribution in [-0.4, -0.2) is 45.4 Å². The van der Waals surface area contributed by atoms with E-state index in [1.807, 2.05) is 60.4 Å². The number of anilines is 2. The summed E-state index contributed by atoms with van der Waals surface area (Å²) in [5.74, 6) is 0.432. The highest BCUT2D eigenvalue weighted by Crippen LogP contribution is 2.32. The zero-order valence-electron chi connectivity index (χ0n) is 21.3. The van der Waals surface area contributed by atoms with Crippen LogP contribution in [-0.2, 0) is 4.79 Å². The maximum absolute atomic E-state index is 12.7. The number of hydrogen-bond donors (Lipinski definition) is 3. The minimum Gasteiger partial charge on any atom is -0.326 e. The highest BCUT2D eigenvalue weighted by Gasteiger charge is 2.23. The summed E-state index contributed by atoms with van der Waals surface area (Å²) in [6.45, 7) is 5.77. The van der Waals surface area contributed by atoms with Crippen molar-refractivity contribution in [3.05, 3.63) is 64.7 Å². The topological polar surface area (TPSA) is 90.1 Å². The standard InChI is InChI=1S/C29H33N5O2S/c1-19-11-14-37-27(19)18-28(35)31-25-17-23-24(32-33-26(23)15-20(25)2)10-9-21-7-6-8-22(16-21)30-29(36)34-12-4-3-5-13-34/h6-11,14-17,19,27H,3-5,12-13,18H2,1-2H3,(H,30,36)(H,31,35)(H,32,33)/b10-9+. The molecule has 1 aromatic heterocycles. The molecule has 2 aromatic carbocycles. The van der Waals surface area contributed by atoms with Gasteiger partial charge in [-0.15, -0.1) is 11.8 Å². The second kappa shape index (κ2) is 11.3. The first-order chi connectivity index (χ1) is 18.0. The number of hydrogen-bond acceptors (Lipinski definition) is 4. The molecule has 2 aliphatic rings. The summed E-state index contributed by atoms with van der Waals surface area (Å²) in [6.07, 6.45) is 9.89. The Bertz CT molecular complexity index is 1360. The number of carbonyl (C=O) groups excluding carboxylic acids is 2. The molecule has 0 bridgehead atoms. The fourth-order valence-electron chi connectivity index (χ4n) is 4.79. The van der Waals surface area contributed by atoms with Crippen molar-refractivity contribution in [2.24, 2.45) is 5.92 Å². The maximum Gasteiger partial charge on any atom is 0.321 e. The molecule has 2 unspecified atom stereocenters.